The lowest BCUT2D eigenvalue weighted by molar-refractivity contribution is -0.128. The summed E-state index contributed by atoms with van der Waals surface area (Å²) in [5, 5.41) is 6.42. The number of hydrogen-bond donors (Lipinski definition) is 2. The Labute approximate surface area is 79.3 Å². The van der Waals surface area contributed by atoms with Gasteiger partial charge >= 0.3 is 0 Å². The molecule has 2 atom stereocenters. The molecule has 0 spiro atoms. The van der Waals surface area contributed by atoms with Gasteiger partial charge in [-0.1, -0.05) is 13.3 Å². The lowest BCUT2D eigenvalue weighted by atomic mass is 9.84. The van der Waals surface area contributed by atoms with E-state index in [0.29, 0.717) is 17.9 Å². The number of carbonyl (C=O) groups is 1. The largest absolute Gasteiger partial charge is 0.352 e. The molecule has 1 amide bonds. The van der Waals surface area contributed by atoms with Crippen molar-refractivity contribution in [2.24, 2.45) is 11.8 Å². The zero-order valence-electron chi connectivity index (χ0n) is 8.18. The molecule has 0 aromatic rings. The second kappa shape index (κ2) is 3.66. The summed E-state index contributed by atoms with van der Waals surface area (Å²) < 4.78 is 0. The molecular weight excluding hydrogens is 164 g/mol. The van der Waals surface area contributed by atoms with Crippen LogP contribution in [-0.2, 0) is 4.79 Å². The molecule has 2 unspecified atom stereocenters. The third kappa shape index (κ3) is 1.85. The number of nitrogens with one attached hydrogen (secondary N) is 2. The predicted octanol–water partition coefficient (Wildman–Crippen LogP) is 0.511. The molecule has 2 aliphatic rings. The maximum absolute atomic E-state index is 11.6. The van der Waals surface area contributed by atoms with E-state index in [9.17, 15) is 4.79 Å². The Bertz CT molecular complexity index is 201. The van der Waals surface area contributed by atoms with Gasteiger partial charge in [0.05, 0.1) is 0 Å². The second-order valence-electron chi connectivity index (χ2n) is 4.38. The van der Waals surface area contributed by atoms with Crippen LogP contribution >= 0.6 is 0 Å². The molecule has 0 radical (unpaired) electrons. The van der Waals surface area contributed by atoms with Crippen molar-refractivity contribution in [1.82, 2.24) is 10.6 Å². The molecule has 13 heavy (non-hydrogen) atoms. The van der Waals surface area contributed by atoms with Gasteiger partial charge < -0.3 is 10.6 Å². The molecule has 74 valence electrons. The summed E-state index contributed by atoms with van der Waals surface area (Å²) in [5.74, 6) is 1.20. The van der Waals surface area contributed by atoms with Crippen molar-refractivity contribution in [2.75, 3.05) is 13.1 Å². The van der Waals surface area contributed by atoms with Crippen LogP contribution in [-0.4, -0.2) is 25.0 Å². The Morgan fingerprint density at radius 3 is 2.62 bits per heavy atom. The highest BCUT2D eigenvalue weighted by molar-refractivity contribution is 5.79. The van der Waals surface area contributed by atoms with Crippen LogP contribution in [0.5, 0.6) is 0 Å². The molecule has 1 saturated carbocycles. The number of carbonyl (C=O) groups excluding carboxylic acids is 1. The minimum absolute atomic E-state index is 0.284. The van der Waals surface area contributed by atoms with Crippen molar-refractivity contribution in [3.63, 3.8) is 0 Å². The highest BCUT2D eigenvalue weighted by atomic mass is 16.2. The Morgan fingerprint density at radius 1 is 1.38 bits per heavy atom. The summed E-state index contributed by atoms with van der Waals surface area (Å²) in [6.45, 7) is 4.17. The fraction of sp³-hybridized carbons (Fsp3) is 0.900. The van der Waals surface area contributed by atoms with Gasteiger partial charge in [-0.2, -0.15) is 0 Å². The summed E-state index contributed by atoms with van der Waals surface area (Å²) in [5.41, 5.74) is 0. The van der Waals surface area contributed by atoms with Gasteiger partial charge in [-0.25, -0.2) is 0 Å². The lowest BCUT2D eigenvalue weighted by Gasteiger charge is -2.27. The van der Waals surface area contributed by atoms with Crippen molar-refractivity contribution < 1.29 is 4.79 Å². The zero-order valence-corrected chi connectivity index (χ0v) is 8.18. The van der Waals surface area contributed by atoms with Gasteiger partial charge in [-0.3, -0.25) is 4.79 Å². The summed E-state index contributed by atoms with van der Waals surface area (Å²) >= 11 is 0. The first-order valence-electron chi connectivity index (χ1n) is 5.28. The molecule has 1 aliphatic heterocycles. The van der Waals surface area contributed by atoms with Crippen LogP contribution < -0.4 is 10.6 Å². The average Bonchev–Trinajstić information content (AvgIpc) is 2.32. The summed E-state index contributed by atoms with van der Waals surface area (Å²) in [6.07, 6.45) is 3.43. The molecule has 2 rings (SSSR count). The van der Waals surface area contributed by atoms with Crippen LogP contribution in [0.2, 0.25) is 0 Å². The summed E-state index contributed by atoms with van der Waals surface area (Å²) in [6, 6.07) is 0.369. The number of rotatable bonds is 2. The minimum atomic E-state index is 0.284. The first-order chi connectivity index (χ1) is 6.27. The molecule has 1 saturated heterocycles. The first-order valence-corrected chi connectivity index (χ1v) is 5.28. The lowest BCUT2D eigenvalue weighted by Crippen LogP contribution is -2.44. The summed E-state index contributed by atoms with van der Waals surface area (Å²) in [7, 11) is 0. The van der Waals surface area contributed by atoms with E-state index in [2.05, 4.69) is 17.6 Å². The van der Waals surface area contributed by atoms with Crippen LogP contribution in [0.25, 0.3) is 0 Å². The van der Waals surface area contributed by atoms with Gasteiger partial charge in [0.25, 0.3) is 0 Å². The van der Waals surface area contributed by atoms with Gasteiger partial charge in [0.1, 0.15) is 0 Å². The molecule has 1 aliphatic carbocycles. The molecule has 3 nitrogen and oxygen atoms in total. The van der Waals surface area contributed by atoms with Gasteiger partial charge in [0, 0.05) is 18.5 Å². The quantitative estimate of drug-likeness (QED) is 0.653. The van der Waals surface area contributed by atoms with Crippen molar-refractivity contribution >= 4 is 5.91 Å². The van der Waals surface area contributed by atoms with Crippen LogP contribution in [0.15, 0.2) is 0 Å². The van der Waals surface area contributed by atoms with Gasteiger partial charge in [-0.15, -0.1) is 0 Å². The Balaban J connectivity index is 1.79. The Kier molecular flexibility index (Phi) is 2.54. The highest BCUT2D eigenvalue weighted by Crippen LogP contribution is 2.26. The average molecular weight is 182 g/mol. The van der Waals surface area contributed by atoms with Crippen molar-refractivity contribution in [3.05, 3.63) is 0 Å². The van der Waals surface area contributed by atoms with E-state index < -0.39 is 0 Å². The maximum atomic E-state index is 11.6. The van der Waals surface area contributed by atoms with Gasteiger partial charge in [-0.05, 0) is 25.3 Å². The first kappa shape index (κ1) is 9.00. The molecule has 3 heteroatoms. The third-order valence-corrected chi connectivity index (χ3v) is 3.32. The van der Waals surface area contributed by atoms with E-state index in [1.54, 1.807) is 0 Å². The maximum Gasteiger partial charge on any atom is 0.223 e. The van der Waals surface area contributed by atoms with Crippen LogP contribution in [0.4, 0.5) is 0 Å². The molecule has 2 N–H and O–H groups in total. The van der Waals surface area contributed by atoms with E-state index >= 15 is 0 Å². The number of hydrogen-bond acceptors (Lipinski definition) is 2. The fourth-order valence-corrected chi connectivity index (χ4v) is 1.97. The van der Waals surface area contributed by atoms with Crippen LogP contribution in [0, 0.1) is 11.8 Å². The van der Waals surface area contributed by atoms with E-state index in [0.717, 1.165) is 25.9 Å². The summed E-state index contributed by atoms with van der Waals surface area (Å²) in [4.78, 5) is 11.6. The standard InChI is InChI=1S/C10H18N2O/c1-7-5-11-6-9(7)12-10(13)8-3-2-4-8/h7-9,11H,2-6H2,1H3,(H,12,13). The predicted molar refractivity (Wildman–Crippen MR) is 51.3 cm³/mol. The fourth-order valence-electron chi connectivity index (χ4n) is 1.97. The van der Waals surface area contributed by atoms with Gasteiger partial charge in [0.15, 0.2) is 0 Å². The van der Waals surface area contributed by atoms with E-state index in [1.807, 2.05) is 0 Å². The molecule has 0 bridgehead atoms. The minimum Gasteiger partial charge on any atom is -0.352 e. The van der Waals surface area contributed by atoms with Crippen LogP contribution in [0.1, 0.15) is 26.2 Å². The van der Waals surface area contributed by atoms with E-state index in [1.165, 1.54) is 6.42 Å². The molecule has 2 fully saturated rings. The second-order valence-corrected chi connectivity index (χ2v) is 4.38. The normalized spacial score (nSPS) is 34.2. The van der Waals surface area contributed by atoms with E-state index in [4.69, 9.17) is 0 Å². The van der Waals surface area contributed by atoms with Crippen LogP contribution in [0.3, 0.4) is 0 Å². The Hall–Kier alpha value is -0.570. The zero-order chi connectivity index (χ0) is 9.26. The molecule has 1 heterocycles. The molecule has 0 aromatic carbocycles. The third-order valence-electron chi connectivity index (χ3n) is 3.32. The molecule has 0 aromatic heterocycles. The number of amides is 1. The van der Waals surface area contributed by atoms with Crippen molar-refractivity contribution in [1.29, 1.82) is 0 Å². The Morgan fingerprint density at radius 2 is 2.15 bits per heavy atom. The van der Waals surface area contributed by atoms with E-state index in [-0.39, 0.29) is 5.91 Å². The smallest absolute Gasteiger partial charge is 0.223 e. The highest BCUT2D eigenvalue weighted by Gasteiger charge is 2.30. The van der Waals surface area contributed by atoms with Crippen molar-refractivity contribution in [3.8, 4) is 0 Å². The van der Waals surface area contributed by atoms with Crippen molar-refractivity contribution in [2.45, 2.75) is 32.2 Å². The molecular formula is C10H18N2O. The SMILES string of the molecule is CC1CNCC1NC(=O)C1CCC1. The topological polar surface area (TPSA) is 41.1 Å². The monoisotopic (exact) mass is 182 g/mol. The van der Waals surface area contributed by atoms with Gasteiger partial charge in [0.2, 0.25) is 5.91 Å².